The summed E-state index contributed by atoms with van der Waals surface area (Å²) in [4.78, 5) is 2.12. The standard InChI is InChI=1S/C19H19ClN2O2/c1-22(10-11-23-17-9-5-8-16(20)12-17)14-18-13-19(21-24-18)15-6-3-2-4-7-15/h2-9,12-13H,10-11,14H2,1H3. The molecule has 1 aromatic heterocycles. The lowest BCUT2D eigenvalue weighted by Crippen LogP contribution is -2.23. The maximum absolute atomic E-state index is 5.94. The van der Waals surface area contributed by atoms with E-state index in [1.807, 2.05) is 67.7 Å². The highest BCUT2D eigenvalue weighted by Gasteiger charge is 2.09. The van der Waals surface area contributed by atoms with Crippen LogP contribution >= 0.6 is 11.6 Å². The van der Waals surface area contributed by atoms with Gasteiger partial charge < -0.3 is 9.26 Å². The molecule has 0 bridgehead atoms. The summed E-state index contributed by atoms with van der Waals surface area (Å²) < 4.78 is 11.1. The summed E-state index contributed by atoms with van der Waals surface area (Å²) in [6.45, 7) is 2.03. The monoisotopic (exact) mass is 342 g/mol. The van der Waals surface area contributed by atoms with Gasteiger partial charge in [-0.2, -0.15) is 0 Å². The molecule has 4 nitrogen and oxygen atoms in total. The van der Waals surface area contributed by atoms with Gasteiger partial charge in [-0.1, -0.05) is 53.2 Å². The third-order valence-electron chi connectivity index (χ3n) is 3.59. The second-order valence-electron chi connectivity index (χ2n) is 5.59. The van der Waals surface area contributed by atoms with Crippen LogP contribution in [0.4, 0.5) is 0 Å². The minimum atomic E-state index is 0.580. The van der Waals surface area contributed by atoms with Crippen molar-refractivity contribution in [3.8, 4) is 17.0 Å². The summed E-state index contributed by atoms with van der Waals surface area (Å²) >= 11 is 5.94. The van der Waals surface area contributed by atoms with Crippen molar-refractivity contribution >= 4 is 11.6 Å². The molecule has 5 heteroatoms. The molecule has 0 aliphatic rings. The second kappa shape index (κ2) is 7.99. The van der Waals surface area contributed by atoms with Gasteiger partial charge in [0.05, 0.1) is 6.54 Å². The molecule has 0 aliphatic carbocycles. The van der Waals surface area contributed by atoms with Gasteiger partial charge >= 0.3 is 0 Å². The Morgan fingerprint density at radius 1 is 1.08 bits per heavy atom. The normalized spacial score (nSPS) is 11.0. The maximum atomic E-state index is 5.94. The van der Waals surface area contributed by atoms with E-state index in [1.165, 1.54) is 0 Å². The Bertz CT molecular complexity index is 774. The van der Waals surface area contributed by atoms with Crippen LogP contribution in [0.1, 0.15) is 5.76 Å². The number of benzene rings is 2. The fourth-order valence-electron chi connectivity index (χ4n) is 2.35. The topological polar surface area (TPSA) is 38.5 Å². The van der Waals surface area contributed by atoms with Crippen molar-refractivity contribution in [3.63, 3.8) is 0 Å². The Morgan fingerprint density at radius 2 is 1.92 bits per heavy atom. The molecule has 0 saturated heterocycles. The summed E-state index contributed by atoms with van der Waals surface area (Å²) in [6, 6.07) is 19.4. The predicted molar refractivity (Wildman–Crippen MR) is 95.2 cm³/mol. The van der Waals surface area contributed by atoms with E-state index in [0.29, 0.717) is 18.2 Å². The van der Waals surface area contributed by atoms with Crippen molar-refractivity contribution in [2.24, 2.45) is 0 Å². The Hall–Kier alpha value is -2.30. The molecule has 0 aliphatic heterocycles. The van der Waals surface area contributed by atoms with Crippen LogP contribution in [0.5, 0.6) is 5.75 Å². The van der Waals surface area contributed by atoms with Gasteiger partial charge in [0.15, 0.2) is 5.76 Å². The van der Waals surface area contributed by atoms with E-state index in [2.05, 4.69) is 10.1 Å². The predicted octanol–water partition coefficient (Wildman–Crippen LogP) is 4.51. The highest BCUT2D eigenvalue weighted by atomic mass is 35.5. The first-order valence-corrected chi connectivity index (χ1v) is 8.16. The van der Waals surface area contributed by atoms with Crippen molar-refractivity contribution < 1.29 is 9.26 Å². The molecule has 3 rings (SSSR count). The van der Waals surface area contributed by atoms with E-state index in [1.54, 1.807) is 0 Å². The first-order valence-electron chi connectivity index (χ1n) is 7.78. The Balaban J connectivity index is 1.48. The summed E-state index contributed by atoms with van der Waals surface area (Å²) in [5.74, 6) is 1.61. The molecule has 1 heterocycles. The fourth-order valence-corrected chi connectivity index (χ4v) is 2.53. The summed E-state index contributed by atoms with van der Waals surface area (Å²) in [7, 11) is 2.02. The molecule has 0 N–H and O–H groups in total. The molecule has 24 heavy (non-hydrogen) atoms. The molecule has 3 aromatic rings. The van der Waals surface area contributed by atoms with Crippen LogP contribution in [-0.2, 0) is 6.54 Å². The molecule has 0 fully saturated rings. The SMILES string of the molecule is CN(CCOc1cccc(Cl)c1)Cc1cc(-c2ccccc2)no1. The number of rotatable bonds is 7. The second-order valence-corrected chi connectivity index (χ2v) is 6.02. The van der Waals surface area contributed by atoms with Crippen molar-refractivity contribution in [2.45, 2.75) is 6.54 Å². The fraction of sp³-hybridized carbons (Fsp3) is 0.211. The van der Waals surface area contributed by atoms with E-state index in [0.717, 1.165) is 29.3 Å². The van der Waals surface area contributed by atoms with Crippen molar-refractivity contribution in [3.05, 3.63) is 71.4 Å². The van der Waals surface area contributed by atoms with Crippen LogP contribution in [-0.4, -0.2) is 30.3 Å². The summed E-state index contributed by atoms with van der Waals surface area (Å²) in [6.07, 6.45) is 0. The number of hydrogen-bond donors (Lipinski definition) is 0. The largest absolute Gasteiger partial charge is 0.492 e. The van der Waals surface area contributed by atoms with Crippen LogP contribution in [0.2, 0.25) is 5.02 Å². The minimum absolute atomic E-state index is 0.580. The van der Waals surface area contributed by atoms with E-state index in [9.17, 15) is 0 Å². The van der Waals surface area contributed by atoms with Gasteiger partial charge in [0.25, 0.3) is 0 Å². The van der Waals surface area contributed by atoms with Gasteiger partial charge in [0.2, 0.25) is 0 Å². The summed E-state index contributed by atoms with van der Waals surface area (Å²) in [5.41, 5.74) is 1.91. The van der Waals surface area contributed by atoms with E-state index >= 15 is 0 Å². The number of hydrogen-bond acceptors (Lipinski definition) is 4. The van der Waals surface area contributed by atoms with Crippen LogP contribution in [0.15, 0.2) is 65.2 Å². The number of nitrogens with zero attached hydrogens (tertiary/aromatic N) is 2. The molecule has 0 spiro atoms. The third-order valence-corrected chi connectivity index (χ3v) is 3.83. The zero-order valence-electron chi connectivity index (χ0n) is 13.5. The van der Waals surface area contributed by atoms with E-state index in [-0.39, 0.29) is 0 Å². The van der Waals surface area contributed by atoms with Gasteiger partial charge in [-0.3, -0.25) is 4.90 Å². The van der Waals surface area contributed by atoms with Crippen LogP contribution in [0.3, 0.4) is 0 Å². The van der Waals surface area contributed by atoms with Gasteiger partial charge in [0.1, 0.15) is 18.1 Å². The molecule has 0 radical (unpaired) electrons. The van der Waals surface area contributed by atoms with Gasteiger partial charge in [-0.25, -0.2) is 0 Å². The Labute approximate surface area is 146 Å². The molecule has 0 amide bonds. The molecular weight excluding hydrogens is 324 g/mol. The highest BCUT2D eigenvalue weighted by Crippen LogP contribution is 2.19. The van der Waals surface area contributed by atoms with E-state index < -0.39 is 0 Å². The number of ether oxygens (including phenoxy) is 1. The van der Waals surface area contributed by atoms with Crippen molar-refractivity contribution in [1.82, 2.24) is 10.1 Å². The molecule has 0 unspecified atom stereocenters. The van der Waals surface area contributed by atoms with Crippen molar-refractivity contribution in [2.75, 3.05) is 20.2 Å². The third kappa shape index (κ3) is 4.60. The van der Waals surface area contributed by atoms with Gasteiger partial charge in [-0.05, 0) is 25.2 Å². The first-order chi connectivity index (χ1) is 11.7. The lowest BCUT2D eigenvalue weighted by Gasteiger charge is -2.15. The number of halogens is 1. The average Bonchev–Trinajstić information content (AvgIpc) is 3.04. The molecule has 124 valence electrons. The van der Waals surface area contributed by atoms with Crippen LogP contribution in [0.25, 0.3) is 11.3 Å². The summed E-state index contributed by atoms with van der Waals surface area (Å²) in [5, 5.41) is 4.81. The Kier molecular flexibility index (Phi) is 5.51. The minimum Gasteiger partial charge on any atom is -0.492 e. The highest BCUT2D eigenvalue weighted by molar-refractivity contribution is 6.30. The maximum Gasteiger partial charge on any atom is 0.151 e. The zero-order chi connectivity index (χ0) is 16.8. The molecule has 0 atom stereocenters. The van der Waals surface area contributed by atoms with Gasteiger partial charge in [0, 0.05) is 23.2 Å². The first kappa shape index (κ1) is 16.6. The Morgan fingerprint density at radius 3 is 2.71 bits per heavy atom. The quantitative estimate of drug-likeness (QED) is 0.633. The lowest BCUT2D eigenvalue weighted by atomic mass is 10.1. The molecule has 0 saturated carbocycles. The van der Waals surface area contributed by atoms with Crippen LogP contribution in [0, 0.1) is 0 Å². The number of likely N-dealkylation sites (N-methyl/N-ethyl adjacent to an activating group) is 1. The smallest absolute Gasteiger partial charge is 0.151 e. The van der Waals surface area contributed by atoms with E-state index in [4.69, 9.17) is 20.9 Å². The molecular formula is C19H19ClN2O2. The van der Waals surface area contributed by atoms with Crippen molar-refractivity contribution in [1.29, 1.82) is 0 Å². The average molecular weight is 343 g/mol. The zero-order valence-corrected chi connectivity index (χ0v) is 14.2. The van der Waals surface area contributed by atoms with Gasteiger partial charge in [-0.15, -0.1) is 0 Å². The lowest BCUT2D eigenvalue weighted by molar-refractivity contribution is 0.216. The van der Waals surface area contributed by atoms with Crippen LogP contribution < -0.4 is 4.74 Å². The number of aromatic nitrogens is 1. The molecule has 2 aromatic carbocycles.